The fourth-order valence-corrected chi connectivity index (χ4v) is 1.50. The summed E-state index contributed by atoms with van der Waals surface area (Å²) in [7, 11) is 0. The number of hydrogen-bond acceptors (Lipinski definition) is 0. The number of unbranched alkanes of at least 4 members (excludes halogenated alkanes) is 9. The van der Waals surface area contributed by atoms with E-state index in [0.29, 0.717) is 0 Å². The van der Waals surface area contributed by atoms with Gasteiger partial charge < -0.3 is 0 Å². The Hall–Kier alpha value is 0.290. The predicted octanol–water partition coefficient (Wildman–Crippen LogP) is 8.18. The van der Waals surface area contributed by atoms with Crippen molar-refractivity contribution >= 4 is 12.4 Å². The Bertz CT molecular complexity index is 60.7. The van der Waals surface area contributed by atoms with Crippen LogP contribution in [0.2, 0.25) is 0 Å². The van der Waals surface area contributed by atoms with E-state index in [9.17, 15) is 0 Å². The Morgan fingerprint density at radius 3 is 0.474 bits per heavy atom. The lowest BCUT2D eigenvalue weighted by atomic mass is 10.2. The van der Waals surface area contributed by atoms with E-state index in [1.165, 1.54) is 77.0 Å². The monoisotopic (exact) mass is 294 g/mol. The minimum atomic E-state index is 0. The minimum absolute atomic E-state index is 0. The molecule has 0 aliphatic carbocycles. The third-order valence-electron chi connectivity index (χ3n) is 2.87. The van der Waals surface area contributed by atoms with E-state index in [-0.39, 0.29) is 12.4 Å². The first-order valence-electron chi connectivity index (χ1n) is 8.74. The van der Waals surface area contributed by atoms with Gasteiger partial charge in [0.05, 0.1) is 0 Å². The van der Waals surface area contributed by atoms with E-state index < -0.39 is 0 Å². The van der Waals surface area contributed by atoms with Gasteiger partial charge in [0.25, 0.3) is 0 Å². The summed E-state index contributed by atoms with van der Waals surface area (Å²) < 4.78 is 0. The molecular weight excluding hydrogens is 252 g/mol. The quantitative estimate of drug-likeness (QED) is 0.376. The van der Waals surface area contributed by atoms with Gasteiger partial charge in [-0.2, -0.15) is 0 Å². The molecule has 19 heavy (non-hydrogen) atoms. The second-order valence-electron chi connectivity index (χ2n) is 5.12. The molecule has 0 saturated carbocycles. The summed E-state index contributed by atoms with van der Waals surface area (Å²) in [4.78, 5) is 0. The van der Waals surface area contributed by atoms with E-state index in [1.807, 2.05) is 0 Å². The highest BCUT2D eigenvalue weighted by molar-refractivity contribution is 5.85. The highest BCUT2D eigenvalue weighted by Gasteiger charge is 1.76. The minimum Gasteiger partial charge on any atom is -0.147 e. The van der Waals surface area contributed by atoms with Crippen molar-refractivity contribution < 1.29 is 0 Å². The van der Waals surface area contributed by atoms with Crippen molar-refractivity contribution in [3.8, 4) is 0 Å². The van der Waals surface area contributed by atoms with E-state index in [0.717, 1.165) is 0 Å². The van der Waals surface area contributed by atoms with Crippen LogP contribution >= 0.6 is 12.4 Å². The van der Waals surface area contributed by atoms with Gasteiger partial charge in [-0.3, -0.25) is 0 Å². The molecule has 0 spiro atoms. The summed E-state index contributed by atoms with van der Waals surface area (Å²) in [6, 6.07) is 0. The molecule has 0 saturated heterocycles. The van der Waals surface area contributed by atoms with E-state index in [1.54, 1.807) is 0 Å². The highest BCUT2D eigenvalue weighted by Crippen LogP contribution is 1.96. The molecule has 0 unspecified atom stereocenters. The largest absolute Gasteiger partial charge is 0.147 e. The Morgan fingerprint density at radius 1 is 0.316 bits per heavy atom. The lowest BCUT2D eigenvalue weighted by Crippen LogP contribution is -1.66. The molecular formula is C18H43Cl. The average Bonchev–Trinajstić information content (AvgIpc) is 2.42. The van der Waals surface area contributed by atoms with Gasteiger partial charge in [-0.15, -0.1) is 12.4 Å². The molecule has 0 aliphatic heterocycles. The van der Waals surface area contributed by atoms with Crippen LogP contribution in [0.5, 0.6) is 0 Å². The molecule has 1 heteroatoms. The van der Waals surface area contributed by atoms with Crippen molar-refractivity contribution in [1.29, 1.82) is 0 Å². The van der Waals surface area contributed by atoms with Gasteiger partial charge in [-0.1, -0.05) is 119 Å². The van der Waals surface area contributed by atoms with Gasteiger partial charge in [0.1, 0.15) is 0 Å². The Balaban J connectivity index is -0.0000000865. The zero-order valence-corrected chi connectivity index (χ0v) is 15.7. The SMILES string of the molecule is CCCCCC.CCCCCC.CCCCCC.Cl. The van der Waals surface area contributed by atoms with Crippen LogP contribution in [0.25, 0.3) is 0 Å². The Kier molecular flexibility index (Phi) is 52.6. The molecule has 0 amide bonds. The van der Waals surface area contributed by atoms with Crippen LogP contribution in [-0.2, 0) is 0 Å². The zero-order valence-electron chi connectivity index (χ0n) is 14.9. The van der Waals surface area contributed by atoms with E-state index in [4.69, 9.17) is 0 Å². The van der Waals surface area contributed by atoms with Crippen molar-refractivity contribution in [2.45, 2.75) is 119 Å². The third kappa shape index (κ3) is 56.2. The molecule has 122 valence electrons. The summed E-state index contributed by atoms with van der Waals surface area (Å²) in [5.74, 6) is 0. The van der Waals surface area contributed by atoms with Gasteiger partial charge in [0.2, 0.25) is 0 Å². The molecule has 0 radical (unpaired) electrons. The van der Waals surface area contributed by atoms with Gasteiger partial charge in [0.15, 0.2) is 0 Å². The van der Waals surface area contributed by atoms with Gasteiger partial charge in [-0.25, -0.2) is 0 Å². The Labute approximate surface area is 131 Å². The van der Waals surface area contributed by atoms with E-state index in [2.05, 4.69) is 41.5 Å². The molecule has 0 bridgehead atoms. The van der Waals surface area contributed by atoms with Crippen LogP contribution in [0.4, 0.5) is 0 Å². The fraction of sp³-hybridized carbons (Fsp3) is 1.00. The van der Waals surface area contributed by atoms with Crippen LogP contribution in [0.1, 0.15) is 119 Å². The normalized spacial score (nSPS) is 8.53. The number of rotatable bonds is 9. The molecule has 0 heterocycles. The lowest BCUT2D eigenvalue weighted by Gasteiger charge is -1.86. The van der Waals surface area contributed by atoms with Crippen LogP contribution in [0, 0.1) is 0 Å². The molecule has 0 aliphatic rings. The second kappa shape index (κ2) is 36.2. The number of hydrogen-bond donors (Lipinski definition) is 0. The average molecular weight is 295 g/mol. The smallest absolute Gasteiger partial charge is 0.0536 e. The van der Waals surface area contributed by atoms with Crippen molar-refractivity contribution in [3.63, 3.8) is 0 Å². The first-order chi connectivity index (χ1) is 8.74. The third-order valence-corrected chi connectivity index (χ3v) is 2.87. The predicted molar refractivity (Wildman–Crippen MR) is 96.7 cm³/mol. The summed E-state index contributed by atoms with van der Waals surface area (Å²) in [6.45, 7) is 13.4. The van der Waals surface area contributed by atoms with Crippen molar-refractivity contribution in [1.82, 2.24) is 0 Å². The van der Waals surface area contributed by atoms with E-state index >= 15 is 0 Å². The van der Waals surface area contributed by atoms with Crippen LogP contribution in [0.15, 0.2) is 0 Å². The van der Waals surface area contributed by atoms with Crippen molar-refractivity contribution in [2.24, 2.45) is 0 Å². The molecule has 0 aromatic heterocycles. The summed E-state index contributed by atoms with van der Waals surface area (Å²) in [6.07, 6.45) is 16.6. The molecule has 0 N–H and O–H groups in total. The molecule has 0 aromatic carbocycles. The molecule has 0 fully saturated rings. The van der Waals surface area contributed by atoms with Crippen molar-refractivity contribution in [3.05, 3.63) is 0 Å². The maximum Gasteiger partial charge on any atom is -0.0536 e. The first-order valence-corrected chi connectivity index (χ1v) is 8.74. The fourth-order valence-electron chi connectivity index (χ4n) is 1.50. The standard InChI is InChI=1S/3C6H14.ClH/c3*1-3-5-6-4-2;/h3*3-6H2,1-2H3;1H. The van der Waals surface area contributed by atoms with Crippen LogP contribution in [0.3, 0.4) is 0 Å². The van der Waals surface area contributed by atoms with Crippen molar-refractivity contribution in [2.75, 3.05) is 0 Å². The van der Waals surface area contributed by atoms with Crippen LogP contribution in [-0.4, -0.2) is 0 Å². The highest BCUT2D eigenvalue weighted by atomic mass is 35.5. The topological polar surface area (TPSA) is 0 Å². The maximum absolute atomic E-state index is 2.23. The van der Waals surface area contributed by atoms with Gasteiger partial charge in [0, 0.05) is 0 Å². The second-order valence-corrected chi connectivity index (χ2v) is 5.12. The molecule has 0 nitrogen and oxygen atoms in total. The van der Waals surface area contributed by atoms with Gasteiger partial charge in [-0.05, 0) is 0 Å². The zero-order chi connectivity index (χ0) is 14.5. The molecule has 0 atom stereocenters. The van der Waals surface area contributed by atoms with Gasteiger partial charge >= 0.3 is 0 Å². The molecule has 0 aromatic rings. The maximum atomic E-state index is 2.23. The summed E-state index contributed by atoms with van der Waals surface area (Å²) in [5.41, 5.74) is 0. The first kappa shape index (κ1) is 27.6. The molecule has 0 rings (SSSR count). The number of halogens is 1. The lowest BCUT2D eigenvalue weighted by molar-refractivity contribution is 0.702. The van der Waals surface area contributed by atoms with Crippen LogP contribution < -0.4 is 0 Å². The summed E-state index contributed by atoms with van der Waals surface area (Å²) >= 11 is 0. The summed E-state index contributed by atoms with van der Waals surface area (Å²) in [5, 5.41) is 0. The Morgan fingerprint density at radius 2 is 0.421 bits per heavy atom.